The Kier molecular flexibility index (Phi) is 5.91. The summed E-state index contributed by atoms with van der Waals surface area (Å²) in [7, 11) is 0. The number of ether oxygens (including phenoxy) is 1. The van der Waals surface area contributed by atoms with E-state index in [-0.39, 0.29) is 41.0 Å². The van der Waals surface area contributed by atoms with Crippen LogP contribution in [0.5, 0.6) is 5.88 Å². The van der Waals surface area contributed by atoms with Crippen molar-refractivity contribution in [3.63, 3.8) is 0 Å². The van der Waals surface area contributed by atoms with Crippen molar-refractivity contribution >= 4 is 5.91 Å². The average Bonchev–Trinajstić information content (AvgIpc) is 3.22. The van der Waals surface area contributed by atoms with Gasteiger partial charge in [-0.05, 0) is 62.7 Å². The Labute approximate surface area is 223 Å². The molecule has 3 aromatic heterocycles. The zero-order valence-electron chi connectivity index (χ0n) is 21.7. The lowest BCUT2D eigenvalue weighted by Gasteiger charge is -2.22. The van der Waals surface area contributed by atoms with Gasteiger partial charge in [0.25, 0.3) is 11.9 Å². The fourth-order valence-electron chi connectivity index (χ4n) is 5.09. The van der Waals surface area contributed by atoms with Crippen molar-refractivity contribution in [3.05, 3.63) is 83.4 Å². The Morgan fingerprint density at radius 3 is 2.38 bits per heavy atom. The van der Waals surface area contributed by atoms with E-state index in [4.69, 9.17) is 10.5 Å². The minimum absolute atomic E-state index is 0.0604. The predicted molar refractivity (Wildman–Crippen MR) is 138 cm³/mol. The van der Waals surface area contributed by atoms with Crippen LogP contribution in [0.2, 0.25) is 0 Å². The van der Waals surface area contributed by atoms with Crippen molar-refractivity contribution in [1.29, 1.82) is 0 Å². The summed E-state index contributed by atoms with van der Waals surface area (Å²) in [6, 6.07) is 11.4. The van der Waals surface area contributed by atoms with Gasteiger partial charge in [-0.1, -0.05) is 0 Å². The number of amides is 1. The lowest BCUT2D eigenvalue weighted by atomic mass is 9.95. The smallest absolute Gasteiger partial charge is 0.260 e. The number of pyridine rings is 1. The van der Waals surface area contributed by atoms with Gasteiger partial charge in [0.1, 0.15) is 17.5 Å². The number of piperidine rings is 1. The van der Waals surface area contributed by atoms with Crippen molar-refractivity contribution in [2.75, 3.05) is 13.1 Å². The molecule has 4 heterocycles. The molecule has 2 fully saturated rings. The Morgan fingerprint density at radius 2 is 1.74 bits per heavy atom. The summed E-state index contributed by atoms with van der Waals surface area (Å²) in [6.07, 6.45) is 2.84. The molecule has 4 aromatic rings. The maximum Gasteiger partial charge on any atom is 0.260 e. The van der Waals surface area contributed by atoms with E-state index in [1.165, 1.54) is 24.5 Å². The number of benzene rings is 1. The van der Waals surface area contributed by atoms with Gasteiger partial charge in [0, 0.05) is 54.5 Å². The SMILES string of the molecule is Cc1nn(-c2ncccn2)c(F)c1C(=O)N1CC2[C@@H](C1)[C@@H]2Oc1cc(C(C)(C)N)cc(-c2ccc(F)cc2)n1. The van der Waals surface area contributed by atoms with E-state index >= 15 is 4.39 Å². The number of aryl methyl sites for hydroxylation is 1. The molecule has 1 amide bonds. The zero-order chi connectivity index (χ0) is 27.5. The second-order valence-electron chi connectivity index (χ2n) is 10.6. The number of rotatable bonds is 6. The number of hydrogen-bond acceptors (Lipinski definition) is 7. The molecule has 0 spiro atoms. The number of nitrogens with zero attached hydrogens (tertiary/aromatic N) is 6. The maximum atomic E-state index is 15.2. The number of fused-ring (bicyclic) bond motifs is 1. The normalized spacial score (nSPS) is 20.2. The van der Waals surface area contributed by atoms with E-state index < -0.39 is 17.4 Å². The molecule has 0 bridgehead atoms. The summed E-state index contributed by atoms with van der Waals surface area (Å²) in [6.45, 7) is 6.25. The van der Waals surface area contributed by atoms with E-state index in [1.807, 2.05) is 26.0 Å². The Balaban J connectivity index is 1.17. The molecular weight excluding hydrogens is 504 g/mol. The van der Waals surface area contributed by atoms with Gasteiger partial charge >= 0.3 is 0 Å². The van der Waals surface area contributed by atoms with Crippen molar-refractivity contribution in [1.82, 2.24) is 29.6 Å². The number of hydrogen-bond donors (Lipinski definition) is 1. The summed E-state index contributed by atoms with van der Waals surface area (Å²) in [4.78, 5) is 27.6. The molecule has 1 unspecified atom stereocenters. The van der Waals surface area contributed by atoms with Gasteiger partial charge in [0.2, 0.25) is 11.8 Å². The van der Waals surface area contributed by atoms with Crippen LogP contribution in [0, 0.1) is 30.5 Å². The first-order chi connectivity index (χ1) is 18.6. The van der Waals surface area contributed by atoms with Crippen molar-refractivity contribution in [2.45, 2.75) is 32.4 Å². The van der Waals surface area contributed by atoms with Crippen molar-refractivity contribution < 1.29 is 18.3 Å². The molecule has 2 N–H and O–H groups in total. The molecule has 3 atom stereocenters. The van der Waals surface area contributed by atoms with E-state index in [9.17, 15) is 9.18 Å². The minimum Gasteiger partial charge on any atom is -0.474 e. The highest BCUT2D eigenvalue weighted by Crippen LogP contribution is 2.48. The first-order valence-corrected chi connectivity index (χ1v) is 12.7. The van der Waals surface area contributed by atoms with Gasteiger partial charge < -0.3 is 15.4 Å². The molecule has 1 aliphatic carbocycles. The Bertz CT molecular complexity index is 1540. The molecule has 9 nitrogen and oxygen atoms in total. The van der Waals surface area contributed by atoms with E-state index in [0.29, 0.717) is 24.7 Å². The number of nitrogens with two attached hydrogens (primary N) is 1. The highest BCUT2D eigenvalue weighted by Gasteiger charge is 2.59. The lowest BCUT2D eigenvalue weighted by Crippen LogP contribution is -2.34. The number of halogens is 2. The van der Waals surface area contributed by atoms with Crippen molar-refractivity contribution in [3.8, 4) is 23.1 Å². The molecule has 39 heavy (non-hydrogen) atoms. The van der Waals surface area contributed by atoms with Gasteiger partial charge in [-0.15, -0.1) is 0 Å². The largest absolute Gasteiger partial charge is 0.474 e. The van der Waals surface area contributed by atoms with E-state index in [0.717, 1.165) is 15.8 Å². The molecule has 200 valence electrons. The molecule has 1 aromatic carbocycles. The summed E-state index contributed by atoms with van der Waals surface area (Å²) >= 11 is 0. The number of carbonyl (C=O) groups excluding carboxylic acids is 1. The third-order valence-corrected chi connectivity index (χ3v) is 7.30. The maximum absolute atomic E-state index is 15.2. The van der Waals surface area contributed by atoms with Crippen LogP contribution in [0.4, 0.5) is 8.78 Å². The van der Waals surface area contributed by atoms with Crippen LogP contribution in [0.25, 0.3) is 17.2 Å². The van der Waals surface area contributed by atoms with E-state index in [1.54, 1.807) is 30.0 Å². The third kappa shape index (κ3) is 4.63. The van der Waals surface area contributed by atoms with Crippen LogP contribution in [-0.2, 0) is 5.54 Å². The molecule has 2 aliphatic rings. The third-order valence-electron chi connectivity index (χ3n) is 7.30. The fraction of sp³-hybridized carbons (Fsp3) is 0.321. The topological polar surface area (TPSA) is 112 Å². The van der Waals surface area contributed by atoms with Gasteiger partial charge in [0.05, 0.1) is 11.4 Å². The van der Waals surface area contributed by atoms with Crippen LogP contribution >= 0.6 is 0 Å². The molecule has 1 saturated heterocycles. The number of likely N-dealkylation sites (tertiary alicyclic amines) is 1. The quantitative estimate of drug-likeness (QED) is 0.404. The predicted octanol–water partition coefficient (Wildman–Crippen LogP) is 3.65. The van der Waals surface area contributed by atoms with Crippen molar-refractivity contribution in [2.24, 2.45) is 17.6 Å². The van der Waals surface area contributed by atoms with E-state index in [2.05, 4.69) is 20.1 Å². The molecule has 1 aliphatic heterocycles. The first kappa shape index (κ1) is 25.1. The summed E-state index contributed by atoms with van der Waals surface area (Å²) in [5, 5.41) is 4.15. The minimum atomic E-state index is -0.782. The number of carbonyl (C=O) groups is 1. The second-order valence-corrected chi connectivity index (χ2v) is 10.6. The van der Waals surface area contributed by atoms with Gasteiger partial charge in [-0.2, -0.15) is 14.2 Å². The van der Waals surface area contributed by atoms with Gasteiger partial charge in [-0.3, -0.25) is 4.79 Å². The molecule has 6 rings (SSSR count). The van der Waals surface area contributed by atoms with Crippen LogP contribution < -0.4 is 10.5 Å². The summed E-state index contributed by atoms with van der Waals surface area (Å²) in [5.41, 5.74) is 8.14. The van der Waals surface area contributed by atoms with Gasteiger partial charge in [-0.25, -0.2) is 19.3 Å². The molecule has 1 saturated carbocycles. The molecule has 11 heteroatoms. The average molecular weight is 532 g/mol. The monoisotopic (exact) mass is 531 g/mol. The van der Waals surface area contributed by atoms with Crippen LogP contribution in [-0.4, -0.2) is 54.7 Å². The zero-order valence-corrected chi connectivity index (χ0v) is 21.7. The standard InChI is InChI=1S/C28H27F2N7O2/c1-15-23(25(30)37(35-15)27-32-9-4-10-33-27)26(38)36-13-19-20(14-36)24(19)39-22-12-17(28(2,3)31)11-21(34-22)16-5-7-18(29)8-6-16/h4-12,19-20,24H,13-14,31H2,1-3H3/t19-,20?,24+/m1/s1. The summed E-state index contributed by atoms with van der Waals surface area (Å²) in [5.74, 6) is -0.825. The Morgan fingerprint density at radius 1 is 1.08 bits per heavy atom. The summed E-state index contributed by atoms with van der Waals surface area (Å²) < 4.78 is 35.9. The highest BCUT2D eigenvalue weighted by molar-refractivity contribution is 5.95. The lowest BCUT2D eigenvalue weighted by molar-refractivity contribution is 0.0746. The van der Waals surface area contributed by atoms with Gasteiger partial charge in [0.15, 0.2) is 0 Å². The molecule has 0 radical (unpaired) electrons. The first-order valence-electron chi connectivity index (χ1n) is 12.7. The second kappa shape index (κ2) is 9.19. The number of aromatic nitrogens is 5. The van der Waals surface area contributed by atoms with Crippen LogP contribution in [0.1, 0.15) is 35.5 Å². The Hall–Kier alpha value is -4.25. The molecular formula is C28H27F2N7O2. The fourth-order valence-corrected chi connectivity index (χ4v) is 5.09. The highest BCUT2D eigenvalue weighted by atomic mass is 19.1. The van der Waals surface area contributed by atoms with Crippen LogP contribution in [0.15, 0.2) is 54.9 Å². The van der Waals surface area contributed by atoms with Crippen LogP contribution in [0.3, 0.4) is 0 Å².